The number of aromatic hydroxyl groups is 3. The monoisotopic (exact) mass is 680 g/mol. The van der Waals surface area contributed by atoms with Gasteiger partial charge in [0.05, 0.1) is 38.1 Å². The third-order valence-electron chi connectivity index (χ3n) is 5.69. The standard InChI is InChI=1S/C33H45O13P/c1-22(2)44-31-19-25(7-10-28(31)34)38-13-16-41-47(37,42-17-14-39-26-8-11-29(35)32(20-26)45-23(3)4)43-18-15-40-27-9-12-30(36)33(21-27)46-24(5)6/h7-12,19-24,34-36H,13-18H2,1-6H3. The van der Waals surface area contributed by atoms with Gasteiger partial charge in [0, 0.05) is 18.2 Å². The van der Waals surface area contributed by atoms with Gasteiger partial charge in [0.25, 0.3) is 0 Å². The molecule has 3 aromatic rings. The Labute approximate surface area is 275 Å². The molecule has 13 nitrogen and oxygen atoms in total. The molecule has 3 aromatic carbocycles. The molecule has 0 saturated heterocycles. The van der Waals surface area contributed by atoms with Crippen LogP contribution in [0, 0.1) is 0 Å². The van der Waals surface area contributed by atoms with Crippen molar-refractivity contribution in [3.63, 3.8) is 0 Å². The van der Waals surface area contributed by atoms with Gasteiger partial charge in [-0.05, 0) is 77.9 Å². The zero-order chi connectivity index (χ0) is 34.4. The molecule has 0 amide bonds. The van der Waals surface area contributed by atoms with Crippen molar-refractivity contribution in [1.82, 2.24) is 0 Å². The highest BCUT2D eigenvalue weighted by Gasteiger charge is 2.27. The quantitative estimate of drug-likeness (QED) is 0.0791. The molecule has 14 heteroatoms. The van der Waals surface area contributed by atoms with E-state index in [0.29, 0.717) is 17.2 Å². The average molecular weight is 681 g/mol. The summed E-state index contributed by atoms with van der Waals surface area (Å²) in [5.74, 6) is 1.95. The molecule has 3 N–H and O–H groups in total. The third-order valence-corrected chi connectivity index (χ3v) is 7.18. The fourth-order valence-corrected chi connectivity index (χ4v) is 4.95. The molecule has 0 heterocycles. The van der Waals surface area contributed by atoms with E-state index in [-0.39, 0.29) is 92.5 Å². The van der Waals surface area contributed by atoms with Gasteiger partial charge in [-0.15, -0.1) is 0 Å². The van der Waals surface area contributed by atoms with Crippen LogP contribution in [0.5, 0.6) is 51.7 Å². The van der Waals surface area contributed by atoms with E-state index in [1.807, 2.05) is 41.5 Å². The first-order valence-electron chi connectivity index (χ1n) is 15.2. The van der Waals surface area contributed by atoms with Gasteiger partial charge in [0.1, 0.15) is 37.1 Å². The van der Waals surface area contributed by atoms with Gasteiger partial charge < -0.3 is 43.7 Å². The smallest absolute Gasteiger partial charge is 0.475 e. The molecule has 0 aromatic heterocycles. The number of rotatable bonds is 21. The van der Waals surface area contributed by atoms with Crippen LogP contribution in [-0.4, -0.2) is 73.3 Å². The van der Waals surface area contributed by atoms with Gasteiger partial charge in [-0.25, -0.2) is 4.57 Å². The minimum absolute atomic E-state index is 0.0200. The molecule has 0 radical (unpaired) electrons. The Kier molecular flexibility index (Phi) is 14.6. The Balaban J connectivity index is 1.57. The lowest BCUT2D eigenvalue weighted by atomic mass is 10.3. The van der Waals surface area contributed by atoms with E-state index in [4.69, 9.17) is 42.0 Å². The first kappa shape index (κ1) is 37.4. The molecule has 3 rings (SSSR count). The minimum atomic E-state index is -4.13. The van der Waals surface area contributed by atoms with Crippen LogP contribution in [0.25, 0.3) is 0 Å². The van der Waals surface area contributed by atoms with Crippen LogP contribution in [0.1, 0.15) is 41.5 Å². The van der Waals surface area contributed by atoms with E-state index in [1.54, 1.807) is 36.4 Å². The summed E-state index contributed by atoms with van der Waals surface area (Å²) >= 11 is 0. The molecule has 0 bridgehead atoms. The zero-order valence-corrected chi connectivity index (χ0v) is 28.4. The summed E-state index contributed by atoms with van der Waals surface area (Å²) in [7, 11) is -4.13. The predicted molar refractivity (Wildman–Crippen MR) is 174 cm³/mol. The Morgan fingerprint density at radius 3 is 1.02 bits per heavy atom. The molecule has 0 aliphatic carbocycles. The van der Waals surface area contributed by atoms with Gasteiger partial charge >= 0.3 is 7.82 Å². The minimum Gasteiger partial charge on any atom is -0.504 e. The lowest BCUT2D eigenvalue weighted by Crippen LogP contribution is -2.14. The molecule has 0 unspecified atom stereocenters. The topological polar surface area (TPSA) is 161 Å². The molecule has 0 spiro atoms. The Morgan fingerprint density at radius 1 is 0.489 bits per heavy atom. The average Bonchev–Trinajstić information content (AvgIpc) is 3.00. The molecule has 0 atom stereocenters. The van der Waals surface area contributed by atoms with Crippen LogP contribution in [0.2, 0.25) is 0 Å². The number of hydrogen-bond acceptors (Lipinski definition) is 13. The second-order valence-electron chi connectivity index (χ2n) is 10.9. The predicted octanol–water partition coefficient (Wildman–Crippen LogP) is 6.86. The largest absolute Gasteiger partial charge is 0.504 e. The second-order valence-corrected chi connectivity index (χ2v) is 12.5. The number of phosphoric acid groups is 1. The summed E-state index contributed by atoms with van der Waals surface area (Å²) in [6.07, 6.45) is -0.454. The van der Waals surface area contributed by atoms with Crippen molar-refractivity contribution >= 4 is 7.82 Å². The normalized spacial score (nSPS) is 11.6. The van der Waals surface area contributed by atoms with Crippen molar-refractivity contribution in [2.75, 3.05) is 39.6 Å². The number of phenolic OH excluding ortho intramolecular Hbond substituents is 3. The van der Waals surface area contributed by atoms with Gasteiger partial charge in [0.15, 0.2) is 34.5 Å². The van der Waals surface area contributed by atoms with Crippen molar-refractivity contribution in [3.05, 3.63) is 54.6 Å². The molecular formula is C33H45O13P. The van der Waals surface area contributed by atoms with Crippen LogP contribution in [0.15, 0.2) is 54.6 Å². The van der Waals surface area contributed by atoms with Crippen molar-refractivity contribution in [2.45, 2.75) is 59.9 Å². The molecule has 0 fully saturated rings. The molecular weight excluding hydrogens is 635 g/mol. The number of phosphoric ester groups is 1. The van der Waals surface area contributed by atoms with E-state index >= 15 is 0 Å². The van der Waals surface area contributed by atoms with Gasteiger partial charge in [-0.2, -0.15) is 0 Å². The van der Waals surface area contributed by atoms with Crippen LogP contribution >= 0.6 is 7.82 Å². The summed E-state index contributed by atoms with van der Waals surface area (Å²) in [6, 6.07) is 13.6. The Morgan fingerprint density at radius 2 is 0.766 bits per heavy atom. The highest BCUT2D eigenvalue weighted by Crippen LogP contribution is 2.49. The third kappa shape index (κ3) is 13.3. The number of phenols is 3. The lowest BCUT2D eigenvalue weighted by molar-refractivity contribution is 0.0804. The number of hydrogen-bond donors (Lipinski definition) is 3. The second kappa shape index (κ2) is 18.3. The maximum absolute atomic E-state index is 13.5. The van der Waals surface area contributed by atoms with Crippen molar-refractivity contribution in [2.24, 2.45) is 0 Å². The van der Waals surface area contributed by atoms with Crippen molar-refractivity contribution < 1.29 is 61.9 Å². The molecule has 260 valence electrons. The van der Waals surface area contributed by atoms with Gasteiger partial charge in [0.2, 0.25) is 0 Å². The summed E-state index contributed by atoms with van der Waals surface area (Å²) in [6.45, 7) is 10.5. The maximum Gasteiger partial charge on any atom is 0.475 e. The highest BCUT2D eigenvalue weighted by atomic mass is 31.2. The van der Waals surface area contributed by atoms with Crippen molar-refractivity contribution in [1.29, 1.82) is 0 Å². The number of benzene rings is 3. The molecule has 47 heavy (non-hydrogen) atoms. The highest BCUT2D eigenvalue weighted by molar-refractivity contribution is 7.48. The van der Waals surface area contributed by atoms with Crippen LogP contribution < -0.4 is 28.4 Å². The summed E-state index contributed by atoms with van der Waals surface area (Å²) < 4.78 is 63.8. The fraction of sp³-hybridized carbons (Fsp3) is 0.455. The Hall–Kier alpha value is -4.03. The molecule has 0 aliphatic heterocycles. The van der Waals surface area contributed by atoms with Crippen LogP contribution in [-0.2, 0) is 18.1 Å². The summed E-state index contributed by atoms with van der Waals surface area (Å²) in [5.41, 5.74) is 0. The zero-order valence-electron chi connectivity index (χ0n) is 27.5. The first-order valence-corrected chi connectivity index (χ1v) is 16.7. The SMILES string of the molecule is CC(C)Oc1cc(OCCOP(=O)(OCCOc2ccc(O)c(OC(C)C)c2)OCCOc2ccc(O)c(OC(C)C)c2)ccc1O. The molecule has 0 saturated carbocycles. The van der Waals surface area contributed by atoms with E-state index < -0.39 is 7.82 Å². The van der Waals surface area contributed by atoms with E-state index in [9.17, 15) is 19.9 Å². The van der Waals surface area contributed by atoms with Gasteiger partial charge in [-0.1, -0.05) is 0 Å². The van der Waals surface area contributed by atoms with Crippen molar-refractivity contribution in [3.8, 4) is 51.7 Å². The summed E-state index contributed by atoms with van der Waals surface area (Å²) in [4.78, 5) is 0. The van der Waals surface area contributed by atoms with Crippen LogP contribution in [0.4, 0.5) is 0 Å². The maximum atomic E-state index is 13.5. The molecule has 0 aliphatic rings. The van der Waals surface area contributed by atoms with E-state index in [1.165, 1.54) is 18.2 Å². The van der Waals surface area contributed by atoms with Crippen LogP contribution in [0.3, 0.4) is 0 Å². The van der Waals surface area contributed by atoms with Gasteiger partial charge in [-0.3, -0.25) is 13.6 Å². The van der Waals surface area contributed by atoms with E-state index in [2.05, 4.69) is 0 Å². The number of ether oxygens (including phenoxy) is 6. The fourth-order valence-electron chi connectivity index (χ4n) is 3.84. The first-order chi connectivity index (χ1) is 22.3. The Bertz CT molecular complexity index is 1270. The van der Waals surface area contributed by atoms with E-state index in [0.717, 1.165) is 0 Å². The lowest BCUT2D eigenvalue weighted by Gasteiger charge is -2.19. The summed E-state index contributed by atoms with van der Waals surface area (Å²) in [5, 5.41) is 30.0.